The quantitative estimate of drug-likeness (QED) is 0.285. The average Bonchev–Trinajstić information content (AvgIpc) is 2.72. The lowest BCUT2D eigenvalue weighted by Gasteiger charge is -2.12. The van der Waals surface area contributed by atoms with E-state index in [1.54, 1.807) is 30.3 Å². The third-order valence-electron chi connectivity index (χ3n) is 3.79. The molecule has 12 nitrogen and oxygen atoms in total. The molecule has 0 radical (unpaired) electrons. The van der Waals surface area contributed by atoms with Gasteiger partial charge in [0.2, 0.25) is 0 Å². The minimum Gasteiger partial charge on any atom is -0.478 e. The van der Waals surface area contributed by atoms with Crippen molar-refractivity contribution >= 4 is 29.1 Å². The summed E-state index contributed by atoms with van der Waals surface area (Å²) in [5.41, 5.74) is 22.5. The molecule has 0 bridgehead atoms. The summed E-state index contributed by atoms with van der Waals surface area (Å²) >= 11 is 0. The number of nitriles is 1. The molecule has 9 N–H and O–H groups in total. The summed E-state index contributed by atoms with van der Waals surface area (Å²) in [7, 11) is 0. The zero-order valence-electron chi connectivity index (χ0n) is 15.8. The molecule has 0 saturated heterocycles. The van der Waals surface area contributed by atoms with Crippen LogP contribution >= 0.6 is 0 Å². The van der Waals surface area contributed by atoms with Crippen LogP contribution in [0.5, 0.6) is 23.4 Å². The van der Waals surface area contributed by atoms with Crippen molar-refractivity contribution in [3.05, 3.63) is 53.6 Å². The van der Waals surface area contributed by atoms with Crippen molar-refractivity contribution in [2.24, 2.45) is 16.5 Å². The van der Waals surface area contributed by atoms with Gasteiger partial charge >= 0.3 is 12.0 Å². The van der Waals surface area contributed by atoms with Crippen molar-refractivity contribution in [3.63, 3.8) is 0 Å². The van der Waals surface area contributed by atoms with Crippen LogP contribution in [0.4, 0.5) is 17.2 Å². The lowest BCUT2D eigenvalue weighted by atomic mass is 10.1. The van der Waals surface area contributed by atoms with Gasteiger partial charge in [-0.15, -0.1) is 0 Å². The number of carboxylic acids is 1. The number of nitrogen functional groups attached to an aromatic ring is 2. The number of rotatable bonds is 6. The number of anilines is 2. The first kappa shape index (κ1) is 20.7. The molecular formula is C19H16N8O4. The molecule has 0 fully saturated rings. The molecule has 0 unspecified atom stereocenters. The molecule has 3 rings (SSSR count). The summed E-state index contributed by atoms with van der Waals surface area (Å²) in [4.78, 5) is 23.3. The van der Waals surface area contributed by atoms with Crippen molar-refractivity contribution in [2.75, 3.05) is 11.5 Å². The second kappa shape index (κ2) is 8.53. The van der Waals surface area contributed by atoms with Gasteiger partial charge in [0.05, 0.1) is 11.1 Å². The number of ether oxygens (including phenoxy) is 2. The molecule has 0 saturated carbocycles. The highest BCUT2D eigenvalue weighted by Gasteiger charge is 2.17. The third kappa shape index (κ3) is 4.69. The number of aromatic nitrogens is 2. The Kier molecular flexibility index (Phi) is 5.69. The molecule has 0 spiro atoms. The van der Waals surface area contributed by atoms with Gasteiger partial charge in [0.1, 0.15) is 23.2 Å². The molecule has 1 aromatic heterocycles. The Morgan fingerprint density at radius 1 is 1.10 bits per heavy atom. The van der Waals surface area contributed by atoms with E-state index in [1.807, 2.05) is 0 Å². The fourth-order valence-corrected chi connectivity index (χ4v) is 2.41. The lowest BCUT2D eigenvalue weighted by molar-refractivity contribution is 0.0696. The number of para-hydroxylation sites is 2. The first-order valence-corrected chi connectivity index (χ1v) is 8.53. The van der Waals surface area contributed by atoms with Gasteiger partial charge in [-0.3, -0.25) is 0 Å². The molecule has 31 heavy (non-hydrogen) atoms. The van der Waals surface area contributed by atoms with E-state index < -0.39 is 5.97 Å². The Labute approximate surface area is 175 Å². The van der Waals surface area contributed by atoms with Crippen LogP contribution in [0.3, 0.4) is 0 Å². The van der Waals surface area contributed by atoms with Gasteiger partial charge in [-0.2, -0.15) is 15.2 Å². The van der Waals surface area contributed by atoms with Crippen LogP contribution in [0.2, 0.25) is 0 Å². The molecule has 12 heteroatoms. The van der Waals surface area contributed by atoms with Gasteiger partial charge in [0.15, 0.2) is 17.5 Å². The number of carbonyl (C=O) groups is 1. The molecular weight excluding hydrogens is 404 g/mol. The highest BCUT2D eigenvalue weighted by atomic mass is 16.5. The molecule has 1 heterocycles. The summed E-state index contributed by atoms with van der Waals surface area (Å²) in [5, 5.41) is 18.3. The zero-order valence-corrected chi connectivity index (χ0v) is 15.8. The number of guanidine groups is 1. The second-order valence-corrected chi connectivity index (χ2v) is 5.94. The first-order chi connectivity index (χ1) is 14.8. The Morgan fingerprint density at radius 2 is 1.84 bits per heavy atom. The number of hydrogen-bond acceptors (Lipinski definition) is 9. The molecule has 2 aromatic carbocycles. The molecule has 0 aliphatic carbocycles. The summed E-state index contributed by atoms with van der Waals surface area (Å²) in [6.45, 7) is 0. The van der Waals surface area contributed by atoms with Crippen LogP contribution in [0, 0.1) is 11.3 Å². The van der Waals surface area contributed by atoms with Crippen LogP contribution < -0.4 is 32.4 Å². The lowest BCUT2D eigenvalue weighted by Crippen LogP contribution is -2.21. The number of hydrogen-bond donors (Lipinski definition) is 5. The third-order valence-corrected chi connectivity index (χ3v) is 3.79. The topological polar surface area (TPSA) is 222 Å². The van der Waals surface area contributed by atoms with Gasteiger partial charge in [-0.25, -0.2) is 9.79 Å². The predicted octanol–water partition coefficient (Wildman–Crippen LogP) is 1.70. The van der Waals surface area contributed by atoms with E-state index in [-0.39, 0.29) is 52.0 Å². The van der Waals surface area contributed by atoms with Gasteiger partial charge in [0.25, 0.3) is 5.88 Å². The summed E-state index contributed by atoms with van der Waals surface area (Å²) in [5.74, 6) is -1.48. The van der Waals surface area contributed by atoms with Crippen molar-refractivity contribution in [3.8, 4) is 29.5 Å². The Hall–Kier alpha value is -5.05. The van der Waals surface area contributed by atoms with Crippen LogP contribution in [0.15, 0.2) is 47.5 Å². The molecule has 0 amide bonds. The number of aromatic carboxylic acids is 1. The maximum absolute atomic E-state index is 11.3. The van der Waals surface area contributed by atoms with E-state index >= 15 is 0 Å². The normalized spacial score (nSPS) is 10.0. The number of nitrogens with two attached hydrogens (primary N) is 4. The highest BCUT2D eigenvalue weighted by Crippen LogP contribution is 2.35. The number of carboxylic acid groups (broad SMARTS) is 1. The van der Waals surface area contributed by atoms with Crippen LogP contribution in [0.25, 0.3) is 0 Å². The smallest absolute Gasteiger partial charge is 0.337 e. The van der Waals surface area contributed by atoms with Crippen LogP contribution in [-0.4, -0.2) is 27.0 Å². The summed E-state index contributed by atoms with van der Waals surface area (Å²) < 4.78 is 11.2. The molecule has 0 aliphatic heterocycles. The van der Waals surface area contributed by atoms with E-state index in [4.69, 9.17) is 37.7 Å². The van der Waals surface area contributed by atoms with Gasteiger partial charge in [-0.05, 0) is 30.3 Å². The van der Waals surface area contributed by atoms with Crippen molar-refractivity contribution in [1.29, 1.82) is 5.26 Å². The molecule has 3 aromatic rings. The van der Waals surface area contributed by atoms with Crippen molar-refractivity contribution < 1.29 is 19.4 Å². The van der Waals surface area contributed by atoms with Gasteiger partial charge in [0, 0.05) is 0 Å². The second-order valence-electron chi connectivity index (χ2n) is 5.94. The standard InChI is InChI=1S/C19H16N8O4/c20-8-9-5-6-10(7-11(9)17(28)29)30-16-14(21)15(22)26-19(27-16)31-13-4-2-1-3-12(13)25-18(23)24/h1-7H,21H2,(H,28,29)(H2,22,26,27)(H4,23,24,25). The Balaban J connectivity index is 1.97. The van der Waals surface area contributed by atoms with Crippen LogP contribution in [0.1, 0.15) is 15.9 Å². The fraction of sp³-hybridized carbons (Fsp3) is 0. The molecule has 0 aliphatic rings. The first-order valence-electron chi connectivity index (χ1n) is 8.53. The fourth-order valence-electron chi connectivity index (χ4n) is 2.41. The SMILES string of the molecule is N#Cc1ccc(Oc2nc(Oc3ccccc3N=C(N)N)nc(N)c2N)cc1C(=O)O. The van der Waals surface area contributed by atoms with E-state index in [2.05, 4.69) is 15.0 Å². The number of benzene rings is 2. The highest BCUT2D eigenvalue weighted by molar-refractivity contribution is 5.91. The van der Waals surface area contributed by atoms with E-state index in [0.717, 1.165) is 6.07 Å². The van der Waals surface area contributed by atoms with Crippen molar-refractivity contribution in [2.45, 2.75) is 0 Å². The number of aliphatic imine (C=N–C) groups is 1. The van der Waals surface area contributed by atoms with E-state index in [1.165, 1.54) is 12.1 Å². The molecule has 0 atom stereocenters. The summed E-state index contributed by atoms with van der Waals surface area (Å²) in [6, 6.07) is 12.0. The van der Waals surface area contributed by atoms with Gasteiger partial charge < -0.3 is 37.5 Å². The molecule has 156 valence electrons. The Bertz CT molecular complexity index is 1230. The zero-order chi connectivity index (χ0) is 22.5. The predicted molar refractivity (Wildman–Crippen MR) is 111 cm³/mol. The largest absolute Gasteiger partial charge is 0.478 e. The number of nitrogens with zero attached hydrogens (tertiary/aromatic N) is 4. The van der Waals surface area contributed by atoms with E-state index in [0.29, 0.717) is 5.69 Å². The maximum Gasteiger partial charge on any atom is 0.337 e. The van der Waals surface area contributed by atoms with Crippen molar-refractivity contribution in [1.82, 2.24) is 9.97 Å². The minimum absolute atomic E-state index is 0.0321. The maximum atomic E-state index is 11.3. The Morgan fingerprint density at radius 3 is 2.52 bits per heavy atom. The average molecular weight is 420 g/mol. The van der Waals surface area contributed by atoms with E-state index in [9.17, 15) is 9.90 Å². The van der Waals surface area contributed by atoms with Crippen LogP contribution in [-0.2, 0) is 0 Å². The minimum atomic E-state index is -1.29. The summed E-state index contributed by atoms with van der Waals surface area (Å²) in [6.07, 6.45) is 0. The van der Waals surface area contributed by atoms with Gasteiger partial charge in [-0.1, -0.05) is 12.1 Å². The monoisotopic (exact) mass is 420 g/mol.